The van der Waals surface area contributed by atoms with Gasteiger partial charge in [0.25, 0.3) is 0 Å². The van der Waals surface area contributed by atoms with Crippen LogP contribution in [0.3, 0.4) is 0 Å². The molecule has 120 valence electrons. The number of fused-ring (bicyclic) bond motifs is 1. The number of hydrogen-bond donors (Lipinski definition) is 3. The van der Waals surface area contributed by atoms with Crippen LogP contribution in [0, 0.1) is 13.8 Å². The fraction of sp³-hybridized carbons (Fsp3) is 0.312. The van der Waals surface area contributed by atoms with Crippen molar-refractivity contribution in [2.75, 3.05) is 6.54 Å². The second-order valence-electron chi connectivity index (χ2n) is 5.44. The van der Waals surface area contributed by atoms with E-state index in [0.717, 1.165) is 28.1 Å². The van der Waals surface area contributed by atoms with Crippen molar-refractivity contribution in [2.45, 2.75) is 26.3 Å². The quantitative estimate of drug-likeness (QED) is 0.661. The number of nitrogens with one attached hydrogen (secondary N) is 2. The van der Waals surface area contributed by atoms with E-state index >= 15 is 0 Å². The molecule has 2 aromatic heterocycles. The summed E-state index contributed by atoms with van der Waals surface area (Å²) < 4.78 is 5.61. The van der Waals surface area contributed by atoms with Gasteiger partial charge in [0.1, 0.15) is 11.6 Å². The largest absolute Gasteiger partial charge is 0.441 e. The molecular weight excluding hydrogens is 294 g/mol. The Balaban J connectivity index is 1.58. The predicted octanol–water partition coefficient (Wildman–Crippen LogP) is 1.53. The van der Waals surface area contributed by atoms with Crippen LogP contribution in [0.5, 0.6) is 0 Å². The highest BCUT2D eigenvalue weighted by Crippen LogP contribution is 2.18. The first-order valence-electron chi connectivity index (χ1n) is 7.45. The molecule has 4 N–H and O–H groups in total. The molecule has 0 unspecified atom stereocenters. The summed E-state index contributed by atoms with van der Waals surface area (Å²) >= 11 is 0. The van der Waals surface area contributed by atoms with E-state index in [1.807, 2.05) is 38.1 Å². The van der Waals surface area contributed by atoms with Crippen molar-refractivity contribution in [3.8, 4) is 0 Å². The number of oxazole rings is 1. The molecule has 0 saturated carbocycles. The highest BCUT2D eigenvalue weighted by Gasteiger charge is 2.21. The Morgan fingerprint density at radius 3 is 2.87 bits per heavy atom. The molecule has 0 bridgehead atoms. The molecule has 0 aliphatic carbocycles. The van der Waals surface area contributed by atoms with Gasteiger partial charge in [0.2, 0.25) is 5.91 Å². The maximum atomic E-state index is 12.2. The molecular formula is C16H19N5O2. The number of nitrogens with zero attached hydrogens (tertiary/aromatic N) is 2. The van der Waals surface area contributed by atoms with Crippen LogP contribution < -0.4 is 11.1 Å². The predicted molar refractivity (Wildman–Crippen MR) is 85.7 cm³/mol. The van der Waals surface area contributed by atoms with Crippen molar-refractivity contribution in [1.82, 2.24) is 20.5 Å². The van der Waals surface area contributed by atoms with Crippen molar-refractivity contribution < 1.29 is 9.21 Å². The third-order valence-electron chi connectivity index (χ3n) is 3.75. The zero-order chi connectivity index (χ0) is 16.4. The minimum absolute atomic E-state index is 0.242. The normalized spacial score (nSPS) is 12.5. The van der Waals surface area contributed by atoms with Crippen LogP contribution in [-0.4, -0.2) is 27.6 Å². The van der Waals surface area contributed by atoms with Crippen molar-refractivity contribution in [2.24, 2.45) is 5.73 Å². The Morgan fingerprint density at radius 1 is 1.39 bits per heavy atom. The Hall–Kier alpha value is -2.67. The second-order valence-corrected chi connectivity index (χ2v) is 5.44. The number of nitrogens with two attached hydrogens (primary N) is 1. The average Bonchev–Trinajstić information content (AvgIpc) is 3.09. The summed E-state index contributed by atoms with van der Waals surface area (Å²) in [7, 11) is 0. The number of rotatable bonds is 5. The number of carbonyl (C=O) groups excluding carboxylic acids is 1. The summed E-state index contributed by atoms with van der Waals surface area (Å²) in [6.45, 7) is 4.08. The van der Waals surface area contributed by atoms with E-state index in [1.54, 1.807) is 0 Å². The standard InChI is InChI=1S/C16H19N5O2/c1-9-14(10(2)21-20-9)15(17)16(22)18-8-7-13-19-11-5-3-4-6-12(11)23-13/h3-6,15H,7-8,17H2,1-2H3,(H,18,22)(H,20,21)/t15-/m1/s1. The summed E-state index contributed by atoms with van der Waals surface area (Å²) in [5.41, 5.74) is 9.86. The third-order valence-corrected chi connectivity index (χ3v) is 3.75. The minimum Gasteiger partial charge on any atom is -0.441 e. The van der Waals surface area contributed by atoms with Gasteiger partial charge < -0.3 is 15.5 Å². The molecule has 0 radical (unpaired) electrons. The first-order valence-corrected chi connectivity index (χ1v) is 7.45. The number of benzene rings is 1. The van der Waals surface area contributed by atoms with Crippen LogP contribution in [0.4, 0.5) is 0 Å². The number of amides is 1. The summed E-state index contributed by atoms with van der Waals surface area (Å²) in [6.07, 6.45) is 0.510. The first kappa shape index (κ1) is 15.2. The molecule has 0 spiro atoms. The average molecular weight is 313 g/mol. The van der Waals surface area contributed by atoms with Gasteiger partial charge in [0.15, 0.2) is 11.5 Å². The van der Waals surface area contributed by atoms with Gasteiger partial charge in [0.05, 0.1) is 5.69 Å². The minimum atomic E-state index is -0.739. The van der Waals surface area contributed by atoms with E-state index in [4.69, 9.17) is 10.2 Å². The molecule has 1 amide bonds. The Bertz CT molecular complexity index is 783. The molecule has 0 saturated heterocycles. The molecule has 1 atom stereocenters. The van der Waals surface area contributed by atoms with Crippen LogP contribution in [0.1, 0.15) is 28.9 Å². The topological polar surface area (TPSA) is 110 Å². The lowest BCUT2D eigenvalue weighted by molar-refractivity contribution is -0.122. The monoisotopic (exact) mass is 313 g/mol. The Kier molecular flexibility index (Phi) is 4.12. The zero-order valence-corrected chi connectivity index (χ0v) is 13.1. The van der Waals surface area contributed by atoms with E-state index in [9.17, 15) is 4.79 Å². The van der Waals surface area contributed by atoms with E-state index in [2.05, 4.69) is 20.5 Å². The second kappa shape index (κ2) is 6.21. The smallest absolute Gasteiger partial charge is 0.241 e. The molecule has 7 heteroatoms. The molecule has 0 fully saturated rings. The van der Waals surface area contributed by atoms with Gasteiger partial charge in [0, 0.05) is 24.2 Å². The van der Waals surface area contributed by atoms with Crippen molar-refractivity contribution in [3.05, 3.63) is 47.1 Å². The van der Waals surface area contributed by atoms with E-state index in [1.165, 1.54) is 0 Å². The van der Waals surface area contributed by atoms with Gasteiger partial charge in [-0.15, -0.1) is 0 Å². The summed E-state index contributed by atoms with van der Waals surface area (Å²) in [5, 5.41) is 9.71. The van der Waals surface area contributed by atoms with E-state index in [0.29, 0.717) is 18.9 Å². The van der Waals surface area contributed by atoms with Crippen LogP contribution in [0.15, 0.2) is 28.7 Å². The lowest BCUT2D eigenvalue weighted by Gasteiger charge is -2.12. The van der Waals surface area contributed by atoms with Gasteiger partial charge in [-0.1, -0.05) is 12.1 Å². The number of aryl methyl sites for hydroxylation is 2. The molecule has 0 aliphatic heterocycles. The molecule has 3 rings (SSSR count). The fourth-order valence-electron chi connectivity index (χ4n) is 2.58. The molecule has 0 aliphatic rings. The fourth-order valence-corrected chi connectivity index (χ4v) is 2.58. The van der Waals surface area contributed by atoms with Gasteiger partial charge in [-0.25, -0.2) is 4.98 Å². The van der Waals surface area contributed by atoms with Crippen LogP contribution in [0.2, 0.25) is 0 Å². The van der Waals surface area contributed by atoms with Crippen LogP contribution >= 0.6 is 0 Å². The first-order chi connectivity index (χ1) is 11.1. The third kappa shape index (κ3) is 3.09. The lowest BCUT2D eigenvalue weighted by Crippen LogP contribution is -2.35. The summed E-state index contributed by atoms with van der Waals surface area (Å²) in [6, 6.07) is 6.82. The maximum Gasteiger partial charge on any atom is 0.241 e. The Morgan fingerprint density at radius 2 is 2.17 bits per heavy atom. The number of hydrogen-bond acceptors (Lipinski definition) is 5. The zero-order valence-electron chi connectivity index (χ0n) is 13.1. The number of carbonyl (C=O) groups is 1. The van der Waals surface area contributed by atoms with Crippen molar-refractivity contribution in [3.63, 3.8) is 0 Å². The number of para-hydroxylation sites is 2. The molecule has 7 nitrogen and oxygen atoms in total. The van der Waals surface area contributed by atoms with Gasteiger partial charge >= 0.3 is 0 Å². The van der Waals surface area contributed by atoms with Crippen LogP contribution in [-0.2, 0) is 11.2 Å². The highest BCUT2D eigenvalue weighted by molar-refractivity contribution is 5.83. The summed E-state index contributed by atoms with van der Waals surface area (Å²) in [5.74, 6) is 0.351. The SMILES string of the molecule is Cc1n[nH]c(C)c1[C@@H](N)C(=O)NCCc1nc2ccccc2o1. The summed E-state index contributed by atoms with van der Waals surface area (Å²) in [4.78, 5) is 16.5. The van der Waals surface area contributed by atoms with Crippen molar-refractivity contribution in [1.29, 1.82) is 0 Å². The van der Waals surface area contributed by atoms with E-state index in [-0.39, 0.29) is 5.91 Å². The number of H-pyrrole nitrogens is 1. The Labute approximate surface area is 133 Å². The molecule has 23 heavy (non-hydrogen) atoms. The molecule has 2 heterocycles. The van der Waals surface area contributed by atoms with Crippen LogP contribution in [0.25, 0.3) is 11.1 Å². The van der Waals surface area contributed by atoms with Gasteiger partial charge in [-0.2, -0.15) is 5.10 Å². The lowest BCUT2D eigenvalue weighted by atomic mass is 10.1. The van der Waals surface area contributed by atoms with Gasteiger partial charge in [-0.05, 0) is 26.0 Å². The van der Waals surface area contributed by atoms with Gasteiger partial charge in [-0.3, -0.25) is 9.89 Å². The molecule has 1 aromatic carbocycles. The van der Waals surface area contributed by atoms with Crippen molar-refractivity contribution >= 4 is 17.0 Å². The number of aromatic amines is 1. The maximum absolute atomic E-state index is 12.2. The molecule has 3 aromatic rings. The highest BCUT2D eigenvalue weighted by atomic mass is 16.3. The van der Waals surface area contributed by atoms with E-state index < -0.39 is 6.04 Å². The number of aromatic nitrogens is 3.